The number of nitrogens with zero attached hydrogens (tertiary/aromatic N) is 2. The molecule has 4 heteroatoms. The van der Waals surface area contributed by atoms with Gasteiger partial charge in [-0.25, -0.2) is 4.68 Å². The lowest BCUT2D eigenvalue weighted by Crippen LogP contribution is -2.13. The lowest BCUT2D eigenvalue weighted by Gasteiger charge is -2.06. The Labute approximate surface area is 135 Å². The van der Waals surface area contributed by atoms with E-state index in [-0.39, 0.29) is 5.91 Å². The van der Waals surface area contributed by atoms with Crippen LogP contribution in [-0.4, -0.2) is 15.7 Å². The van der Waals surface area contributed by atoms with Crippen LogP contribution in [0.4, 0.5) is 5.82 Å². The quantitative estimate of drug-likeness (QED) is 0.721. The first-order valence-corrected chi connectivity index (χ1v) is 7.76. The highest BCUT2D eigenvalue weighted by molar-refractivity contribution is 6.03. The molecular weight excluding hydrogens is 286 g/mol. The van der Waals surface area contributed by atoms with Crippen molar-refractivity contribution in [2.45, 2.75) is 19.9 Å². The molecule has 1 aromatic heterocycles. The molecule has 0 unspecified atom stereocenters. The van der Waals surface area contributed by atoms with Crippen molar-refractivity contribution in [1.29, 1.82) is 0 Å². The summed E-state index contributed by atoms with van der Waals surface area (Å²) in [5.41, 5.74) is 1.03. The molecule has 1 heterocycles. The second-order valence-corrected chi connectivity index (χ2v) is 5.33. The zero-order chi connectivity index (χ0) is 16.1. The van der Waals surface area contributed by atoms with Crippen LogP contribution in [0.5, 0.6) is 0 Å². The summed E-state index contributed by atoms with van der Waals surface area (Å²) in [4.78, 5) is 12.1. The second kappa shape index (κ2) is 6.92. The monoisotopic (exact) mass is 305 g/mol. The number of anilines is 1. The number of fused-ring (bicyclic) bond motifs is 1. The highest BCUT2D eigenvalue weighted by atomic mass is 16.1. The Morgan fingerprint density at radius 2 is 2.00 bits per heavy atom. The summed E-state index contributed by atoms with van der Waals surface area (Å²) in [6.07, 6.45) is 6.07. The first-order valence-electron chi connectivity index (χ1n) is 7.76. The van der Waals surface area contributed by atoms with Crippen molar-refractivity contribution < 1.29 is 4.79 Å². The van der Waals surface area contributed by atoms with Crippen molar-refractivity contribution in [3.05, 3.63) is 66.4 Å². The van der Waals surface area contributed by atoms with Crippen LogP contribution in [0, 0.1) is 0 Å². The molecule has 0 aliphatic rings. The van der Waals surface area contributed by atoms with Gasteiger partial charge in [0.05, 0.1) is 6.20 Å². The zero-order valence-corrected chi connectivity index (χ0v) is 13.1. The molecule has 0 bridgehead atoms. The van der Waals surface area contributed by atoms with Gasteiger partial charge in [-0.3, -0.25) is 4.79 Å². The van der Waals surface area contributed by atoms with Crippen LogP contribution in [0.1, 0.15) is 18.9 Å². The van der Waals surface area contributed by atoms with Gasteiger partial charge in [-0.1, -0.05) is 49.4 Å². The molecule has 0 radical (unpaired) electrons. The predicted molar refractivity (Wildman–Crippen MR) is 94.1 cm³/mol. The number of benzene rings is 2. The number of hydrogen-bond acceptors (Lipinski definition) is 2. The third-order valence-electron chi connectivity index (χ3n) is 3.64. The Morgan fingerprint density at radius 3 is 2.87 bits per heavy atom. The van der Waals surface area contributed by atoms with E-state index in [9.17, 15) is 4.79 Å². The summed E-state index contributed by atoms with van der Waals surface area (Å²) in [6.45, 7) is 2.86. The van der Waals surface area contributed by atoms with Gasteiger partial charge in [-0.15, -0.1) is 0 Å². The smallest absolute Gasteiger partial charge is 0.249 e. The minimum absolute atomic E-state index is 0.157. The molecule has 116 valence electrons. The molecule has 0 spiro atoms. The maximum Gasteiger partial charge on any atom is 0.249 e. The van der Waals surface area contributed by atoms with Gasteiger partial charge < -0.3 is 5.32 Å². The molecule has 0 aliphatic carbocycles. The molecule has 1 amide bonds. The molecule has 0 aliphatic heterocycles. The summed E-state index contributed by atoms with van der Waals surface area (Å²) in [7, 11) is 0. The highest BCUT2D eigenvalue weighted by Crippen LogP contribution is 2.19. The zero-order valence-electron chi connectivity index (χ0n) is 13.1. The van der Waals surface area contributed by atoms with Crippen LogP contribution >= 0.6 is 0 Å². The standard InChI is InChI=1S/C19H19N3O/c1-2-14-22-18(12-13-20-22)21-19(23)11-10-16-8-5-7-15-6-3-4-9-17(15)16/h3-13H,2,14H2,1H3,(H,21,23)/b11-10+. The molecule has 0 saturated heterocycles. The molecule has 0 atom stereocenters. The number of nitrogens with one attached hydrogen (secondary N) is 1. The van der Waals surface area contributed by atoms with Crippen LogP contribution in [-0.2, 0) is 11.3 Å². The number of hydrogen-bond donors (Lipinski definition) is 1. The molecule has 23 heavy (non-hydrogen) atoms. The Balaban J connectivity index is 1.76. The van der Waals surface area contributed by atoms with Crippen molar-refractivity contribution in [3.63, 3.8) is 0 Å². The van der Waals surface area contributed by atoms with E-state index in [1.54, 1.807) is 23.0 Å². The van der Waals surface area contributed by atoms with Gasteiger partial charge >= 0.3 is 0 Å². The normalized spacial score (nSPS) is 11.2. The van der Waals surface area contributed by atoms with Crippen molar-refractivity contribution >= 4 is 28.6 Å². The van der Waals surface area contributed by atoms with E-state index in [0.717, 1.165) is 35.1 Å². The molecule has 3 rings (SSSR count). The van der Waals surface area contributed by atoms with Gasteiger partial charge in [0, 0.05) is 18.7 Å². The summed E-state index contributed by atoms with van der Waals surface area (Å²) < 4.78 is 1.80. The molecule has 0 fully saturated rings. The topological polar surface area (TPSA) is 46.9 Å². The van der Waals surface area contributed by atoms with Crippen molar-refractivity contribution in [1.82, 2.24) is 9.78 Å². The first-order chi connectivity index (χ1) is 11.3. The van der Waals surface area contributed by atoms with Crippen LogP contribution in [0.3, 0.4) is 0 Å². The number of rotatable bonds is 5. The Kier molecular flexibility index (Phi) is 4.52. The van der Waals surface area contributed by atoms with E-state index in [1.165, 1.54) is 0 Å². The third-order valence-corrected chi connectivity index (χ3v) is 3.64. The van der Waals surface area contributed by atoms with Crippen LogP contribution < -0.4 is 5.32 Å². The summed E-state index contributed by atoms with van der Waals surface area (Å²) in [5.74, 6) is 0.565. The summed E-state index contributed by atoms with van der Waals surface area (Å²) in [6, 6.07) is 16.0. The number of aromatic nitrogens is 2. The molecule has 0 saturated carbocycles. The van der Waals surface area contributed by atoms with E-state index in [0.29, 0.717) is 0 Å². The lowest BCUT2D eigenvalue weighted by molar-refractivity contribution is -0.111. The third kappa shape index (κ3) is 3.48. The maximum absolute atomic E-state index is 12.1. The van der Waals surface area contributed by atoms with Crippen LogP contribution in [0.2, 0.25) is 0 Å². The largest absolute Gasteiger partial charge is 0.307 e. The fraction of sp³-hybridized carbons (Fsp3) is 0.158. The van der Waals surface area contributed by atoms with Crippen molar-refractivity contribution in [2.75, 3.05) is 5.32 Å². The van der Waals surface area contributed by atoms with Gasteiger partial charge in [0.15, 0.2) is 0 Å². The predicted octanol–water partition coefficient (Wildman–Crippen LogP) is 4.10. The molecule has 4 nitrogen and oxygen atoms in total. The summed E-state index contributed by atoms with van der Waals surface area (Å²) >= 11 is 0. The molecule has 2 aromatic carbocycles. The SMILES string of the molecule is CCCn1nccc1NC(=O)/C=C/c1cccc2ccccc12. The van der Waals surface area contributed by atoms with Gasteiger partial charge in [0.2, 0.25) is 5.91 Å². The Bertz CT molecular complexity index is 843. The minimum atomic E-state index is -0.157. The van der Waals surface area contributed by atoms with Gasteiger partial charge in [0.25, 0.3) is 0 Å². The van der Waals surface area contributed by atoms with E-state index < -0.39 is 0 Å². The van der Waals surface area contributed by atoms with Gasteiger partial charge in [-0.2, -0.15) is 5.10 Å². The second-order valence-electron chi connectivity index (χ2n) is 5.33. The van der Waals surface area contributed by atoms with Gasteiger partial charge in [0.1, 0.15) is 5.82 Å². The first kappa shape index (κ1) is 15.0. The number of carbonyl (C=O) groups excluding carboxylic acids is 1. The summed E-state index contributed by atoms with van der Waals surface area (Å²) in [5, 5.41) is 9.36. The minimum Gasteiger partial charge on any atom is -0.307 e. The van der Waals surface area contributed by atoms with Gasteiger partial charge in [-0.05, 0) is 28.8 Å². The Morgan fingerprint density at radius 1 is 1.17 bits per heavy atom. The van der Waals surface area contributed by atoms with Crippen LogP contribution in [0.15, 0.2) is 60.8 Å². The number of aryl methyl sites for hydroxylation is 1. The fourth-order valence-corrected chi connectivity index (χ4v) is 2.56. The van der Waals surface area contributed by atoms with Crippen LogP contribution in [0.25, 0.3) is 16.8 Å². The Hall–Kier alpha value is -2.88. The van der Waals surface area contributed by atoms with E-state index in [2.05, 4.69) is 35.5 Å². The average molecular weight is 305 g/mol. The highest BCUT2D eigenvalue weighted by Gasteiger charge is 2.04. The fourth-order valence-electron chi connectivity index (χ4n) is 2.56. The average Bonchev–Trinajstić information content (AvgIpc) is 3.00. The van der Waals surface area contributed by atoms with E-state index in [4.69, 9.17) is 0 Å². The van der Waals surface area contributed by atoms with Crippen molar-refractivity contribution in [2.24, 2.45) is 0 Å². The molecule has 1 N–H and O–H groups in total. The van der Waals surface area contributed by atoms with E-state index >= 15 is 0 Å². The maximum atomic E-state index is 12.1. The lowest BCUT2D eigenvalue weighted by atomic mass is 10.0. The van der Waals surface area contributed by atoms with E-state index in [1.807, 2.05) is 30.3 Å². The number of carbonyl (C=O) groups is 1. The molecular formula is C19H19N3O. The molecule has 3 aromatic rings. The number of amides is 1. The van der Waals surface area contributed by atoms with Crippen molar-refractivity contribution in [3.8, 4) is 0 Å².